The SMILES string of the molecule is COCC(=O)N[C@H](c1nnc2n1CCN(Cc1cccs1)CC2)C(C)C. The van der Waals surface area contributed by atoms with Gasteiger partial charge in [-0.25, -0.2) is 0 Å². The lowest BCUT2D eigenvalue weighted by Crippen LogP contribution is -2.36. The summed E-state index contributed by atoms with van der Waals surface area (Å²) in [6.45, 7) is 7.96. The fourth-order valence-electron chi connectivity index (χ4n) is 3.28. The van der Waals surface area contributed by atoms with Crippen molar-refractivity contribution in [3.8, 4) is 0 Å². The second-order valence-electron chi connectivity index (χ2n) is 6.95. The summed E-state index contributed by atoms with van der Waals surface area (Å²) in [6.07, 6.45) is 0.870. The number of rotatable bonds is 7. The molecule has 1 aliphatic heterocycles. The first-order valence-electron chi connectivity index (χ1n) is 9.03. The third-order valence-electron chi connectivity index (χ3n) is 4.64. The lowest BCUT2D eigenvalue weighted by molar-refractivity contribution is -0.125. The predicted molar refractivity (Wildman–Crippen MR) is 101 cm³/mol. The average molecular weight is 378 g/mol. The molecule has 3 rings (SSSR count). The molecule has 3 heterocycles. The summed E-state index contributed by atoms with van der Waals surface area (Å²) in [6, 6.07) is 4.12. The number of nitrogens with zero attached hydrogens (tertiary/aromatic N) is 4. The zero-order valence-electron chi connectivity index (χ0n) is 15.6. The van der Waals surface area contributed by atoms with E-state index < -0.39 is 0 Å². The number of nitrogens with one attached hydrogen (secondary N) is 1. The maximum absolute atomic E-state index is 12.0. The molecule has 0 bridgehead atoms. The van der Waals surface area contributed by atoms with Gasteiger partial charge < -0.3 is 14.6 Å². The first-order chi connectivity index (χ1) is 12.6. The van der Waals surface area contributed by atoms with Crippen LogP contribution in [0.2, 0.25) is 0 Å². The molecule has 0 aromatic carbocycles. The van der Waals surface area contributed by atoms with Gasteiger partial charge in [0.15, 0.2) is 5.82 Å². The summed E-state index contributed by atoms with van der Waals surface area (Å²) in [5.74, 6) is 1.93. The van der Waals surface area contributed by atoms with Gasteiger partial charge >= 0.3 is 0 Å². The van der Waals surface area contributed by atoms with Gasteiger partial charge in [0, 0.05) is 44.6 Å². The van der Waals surface area contributed by atoms with Crippen molar-refractivity contribution >= 4 is 17.2 Å². The number of aromatic nitrogens is 3. The minimum Gasteiger partial charge on any atom is -0.375 e. The third kappa shape index (κ3) is 4.49. The van der Waals surface area contributed by atoms with E-state index in [1.54, 1.807) is 11.3 Å². The summed E-state index contributed by atoms with van der Waals surface area (Å²) >= 11 is 1.80. The number of hydrogen-bond acceptors (Lipinski definition) is 6. The quantitative estimate of drug-likeness (QED) is 0.797. The molecule has 142 valence electrons. The van der Waals surface area contributed by atoms with E-state index in [9.17, 15) is 4.79 Å². The van der Waals surface area contributed by atoms with Crippen LogP contribution in [-0.2, 0) is 29.0 Å². The molecule has 1 aliphatic rings. The first-order valence-corrected chi connectivity index (χ1v) is 9.91. The molecule has 1 amide bonds. The van der Waals surface area contributed by atoms with Gasteiger partial charge in [0.25, 0.3) is 0 Å². The monoisotopic (exact) mass is 377 g/mol. The number of hydrogen-bond donors (Lipinski definition) is 1. The molecule has 0 saturated heterocycles. The van der Waals surface area contributed by atoms with E-state index in [2.05, 4.69) is 56.3 Å². The van der Waals surface area contributed by atoms with Crippen molar-refractivity contribution in [2.45, 2.75) is 39.4 Å². The van der Waals surface area contributed by atoms with Gasteiger partial charge in [0.2, 0.25) is 5.91 Å². The van der Waals surface area contributed by atoms with E-state index in [1.807, 2.05) is 0 Å². The molecule has 0 spiro atoms. The Bertz CT molecular complexity index is 713. The molecule has 2 aromatic heterocycles. The maximum atomic E-state index is 12.0. The molecule has 0 unspecified atom stereocenters. The molecule has 0 aliphatic carbocycles. The van der Waals surface area contributed by atoms with Crippen molar-refractivity contribution in [3.05, 3.63) is 34.0 Å². The molecule has 7 nitrogen and oxygen atoms in total. The van der Waals surface area contributed by atoms with Crippen LogP contribution in [0.5, 0.6) is 0 Å². The molecule has 0 fully saturated rings. The van der Waals surface area contributed by atoms with E-state index in [4.69, 9.17) is 4.74 Å². The minimum atomic E-state index is -0.164. The van der Waals surface area contributed by atoms with Crippen LogP contribution in [0.4, 0.5) is 0 Å². The van der Waals surface area contributed by atoms with E-state index in [0.29, 0.717) is 0 Å². The van der Waals surface area contributed by atoms with Crippen LogP contribution in [0.25, 0.3) is 0 Å². The zero-order valence-corrected chi connectivity index (χ0v) is 16.5. The second kappa shape index (κ2) is 8.75. The lowest BCUT2D eigenvalue weighted by Gasteiger charge is -2.23. The molecule has 0 radical (unpaired) electrons. The lowest BCUT2D eigenvalue weighted by atomic mass is 10.0. The van der Waals surface area contributed by atoms with Gasteiger partial charge in [-0.3, -0.25) is 9.69 Å². The topological polar surface area (TPSA) is 72.3 Å². The van der Waals surface area contributed by atoms with Crippen LogP contribution in [0.15, 0.2) is 17.5 Å². The highest BCUT2D eigenvalue weighted by molar-refractivity contribution is 7.09. The largest absolute Gasteiger partial charge is 0.375 e. The second-order valence-corrected chi connectivity index (χ2v) is 7.99. The van der Waals surface area contributed by atoms with Crippen molar-refractivity contribution < 1.29 is 9.53 Å². The van der Waals surface area contributed by atoms with Crippen molar-refractivity contribution in [1.82, 2.24) is 25.0 Å². The Labute approximate surface area is 158 Å². The van der Waals surface area contributed by atoms with E-state index in [0.717, 1.165) is 44.2 Å². The van der Waals surface area contributed by atoms with Gasteiger partial charge in [0.1, 0.15) is 12.4 Å². The highest BCUT2D eigenvalue weighted by Crippen LogP contribution is 2.23. The Morgan fingerprint density at radius 3 is 2.88 bits per heavy atom. The number of methoxy groups -OCH3 is 1. The van der Waals surface area contributed by atoms with Gasteiger partial charge in [0.05, 0.1) is 6.04 Å². The van der Waals surface area contributed by atoms with Gasteiger partial charge in [-0.1, -0.05) is 19.9 Å². The average Bonchev–Trinajstić information content (AvgIpc) is 3.20. The van der Waals surface area contributed by atoms with E-state index in [1.165, 1.54) is 12.0 Å². The molecule has 2 aromatic rings. The van der Waals surface area contributed by atoms with Crippen LogP contribution in [0.3, 0.4) is 0 Å². The molecule has 1 atom stereocenters. The number of thiophene rings is 1. The molecular weight excluding hydrogens is 350 g/mol. The summed E-state index contributed by atoms with van der Waals surface area (Å²) < 4.78 is 7.12. The van der Waals surface area contributed by atoms with Crippen molar-refractivity contribution in [1.29, 1.82) is 0 Å². The van der Waals surface area contributed by atoms with Crippen LogP contribution in [0, 0.1) is 5.92 Å². The highest BCUT2D eigenvalue weighted by Gasteiger charge is 2.27. The normalized spacial score (nSPS) is 16.3. The molecular formula is C18H27N5O2S. The van der Waals surface area contributed by atoms with Crippen LogP contribution in [0.1, 0.15) is 36.4 Å². The summed E-state index contributed by atoms with van der Waals surface area (Å²) in [5.41, 5.74) is 0. The van der Waals surface area contributed by atoms with Crippen molar-refractivity contribution in [3.63, 3.8) is 0 Å². The number of carbonyl (C=O) groups is 1. The Morgan fingerprint density at radius 2 is 2.19 bits per heavy atom. The predicted octanol–water partition coefficient (Wildman–Crippen LogP) is 1.86. The Hall–Kier alpha value is -1.77. The number of carbonyl (C=O) groups excluding carboxylic acids is 1. The number of fused-ring (bicyclic) bond motifs is 1. The Balaban J connectivity index is 1.72. The number of ether oxygens (including phenoxy) is 1. The third-order valence-corrected chi connectivity index (χ3v) is 5.50. The van der Waals surface area contributed by atoms with Gasteiger partial charge in [-0.2, -0.15) is 0 Å². The fraction of sp³-hybridized carbons (Fsp3) is 0.611. The summed E-state index contributed by atoms with van der Waals surface area (Å²) in [4.78, 5) is 15.9. The zero-order chi connectivity index (χ0) is 18.5. The fourth-order valence-corrected chi connectivity index (χ4v) is 4.02. The Morgan fingerprint density at radius 1 is 1.35 bits per heavy atom. The molecule has 8 heteroatoms. The van der Waals surface area contributed by atoms with Gasteiger partial charge in [-0.05, 0) is 17.4 Å². The maximum Gasteiger partial charge on any atom is 0.246 e. The Kier molecular flexibility index (Phi) is 6.39. The molecule has 1 N–H and O–H groups in total. The summed E-state index contributed by atoms with van der Waals surface area (Å²) in [5, 5.41) is 14.0. The smallest absolute Gasteiger partial charge is 0.246 e. The minimum absolute atomic E-state index is 0.0544. The first kappa shape index (κ1) is 19.0. The standard InChI is InChI=1S/C18H27N5O2S/c1-13(2)17(19-16(24)12-25-3)18-21-20-15-6-7-22(8-9-23(15)18)11-14-5-4-10-26-14/h4-5,10,13,17H,6-9,11-12H2,1-3H3,(H,19,24)/t17-/m0/s1. The van der Waals surface area contributed by atoms with Crippen LogP contribution in [-0.4, -0.2) is 52.4 Å². The summed E-state index contributed by atoms with van der Waals surface area (Å²) in [7, 11) is 1.52. The van der Waals surface area contributed by atoms with Crippen LogP contribution >= 0.6 is 11.3 Å². The molecule has 0 saturated carbocycles. The van der Waals surface area contributed by atoms with Gasteiger partial charge in [-0.15, -0.1) is 21.5 Å². The van der Waals surface area contributed by atoms with Crippen molar-refractivity contribution in [2.75, 3.05) is 26.8 Å². The van der Waals surface area contributed by atoms with Crippen LogP contribution < -0.4 is 5.32 Å². The van der Waals surface area contributed by atoms with E-state index >= 15 is 0 Å². The van der Waals surface area contributed by atoms with E-state index in [-0.39, 0.29) is 24.5 Å². The molecule has 26 heavy (non-hydrogen) atoms. The number of amides is 1. The highest BCUT2D eigenvalue weighted by atomic mass is 32.1. The van der Waals surface area contributed by atoms with Crippen molar-refractivity contribution in [2.24, 2.45) is 5.92 Å².